The number of nitrogens with zero attached hydrogens (tertiary/aromatic N) is 8. The lowest BCUT2D eigenvalue weighted by Gasteiger charge is -2.48. The number of hydrogen-bond acceptors (Lipinski definition) is 10. The minimum atomic E-state index is 0.527. The number of piperidine rings is 1. The number of fused-ring (bicyclic) bond motifs is 4. The molecule has 5 aromatic rings. The van der Waals surface area contributed by atoms with E-state index in [9.17, 15) is 0 Å². The van der Waals surface area contributed by atoms with E-state index >= 15 is 0 Å². The number of piperazine rings is 1. The van der Waals surface area contributed by atoms with Crippen LogP contribution in [0.25, 0.3) is 22.1 Å². The Kier molecular flexibility index (Phi) is 4.71. The fraction of sp³-hybridized carbons (Fsp3) is 0.280. The summed E-state index contributed by atoms with van der Waals surface area (Å²) >= 11 is 0. The molecule has 2 atom stereocenters. The molecule has 6 heterocycles. The highest BCUT2D eigenvalue weighted by atomic mass is 16.5. The molecule has 36 heavy (non-hydrogen) atoms. The molecule has 3 aliphatic heterocycles. The number of aryl methyl sites for hydroxylation is 2. The second-order valence-electron chi connectivity index (χ2n) is 9.40. The van der Waals surface area contributed by atoms with Crippen LogP contribution >= 0.6 is 0 Å². The lowest BCUT2D eigenvalue weighted by molar-refractivity contribution is 0.224. The van der Waals surface area contributed by atoms with Gasteiger partial charge in [-0.15, -0.1) is 5.10 Å². The van der Waals surface area contributed by atoms with Gasteiger partial charge >= 0.3 is 0 Å². The summed E-state index contributed by atoms with van der Waals surface area (Å²) in [6.45, 7) is 3.85. The third-order valence-corrected chi connectivity index (χ3v) is 6.82. The van der Waals surface area contributed by atoms with Gasteiger partial charge in [0.25, 0.3) is 0 Å². The fourth-order valence-electron chi connectivity index (χ4n) is 4.95. The molecule has 3 fully saturated rings. The van der Waals surface area contributed by atoms with Crippen LogP contribution in [-0.2, 0) is 7.05 Å². The number of benzene rings is 2. The Balaban J connectivity index is 1.14. The van der Waals surface area contributed by atoms with E-state index in [4.69, 9.17) is 9.72 Å². The van der Waals surface area contributed by atoms with Crippen molar-refractivity contribution >= 4 is 39.5 Å². The van der Waals surface area contributed by atoms with Gasteiger partial charge < -0.3 is 20.3 Å². The van der Waals surface area contributed by atoms with E-state index in [2.05, 4.69) is 40.8 Å². The Bertz CT molecular complexity index is 1600. The summed E-state index contributed by atoms with van der Waals surface area (Å²) in [4.78, 5) is 20.5. The molecule has 0 radical (unpaired) electrons. The predicted octanol–water partition coefficient (Wildman–Crippen LogP) is 3.10. The summed E-state index contributed by atoms with van der Waals surface area (Å²) in [5.41, 5.74) is 5.01. The lowest BCUT2D eigenvalue weighted by atomic mass is 9.92. The van der Waals surface area contributed by atoms with E-state index in [1.165, 1.54) is 12.7 Å². The van der Waals surface area contributed by atoms with E-state index in [1.807, 2.05) is 50.4 Å². The molecule has 3 aliphatic rings. The van der Waals surface area contributed by atoms with Crippen LogP contribution in [0.5, 0.6) is 11.5 Å². The zero-order chi connectivity index (χ0) is 24.2. The summed E-state index contributed by atoms with van der Waals surface area (Å²) in [6, 6.07) is 12.7. The van der Waals surface area contributed by atoms with Crippen LogP contribution in [0.3, 0.4) is 0 Å². The predicted molar refractivity (Wildman–Crippen MR) is 136 cm³/mol. The van der Waals surface area contributed by atoms with Gasteiger partial charge in [-0.3, -0.25) is 0 Å². The Morgan fingerprint density at radius 1 is 1.03 bits per heavy atom. The van der Waals surface area contributed by atoms with Crippen molar-refractivity contribution in [3.05, 3.63) is 54.5 Å². The van der Waals surface area contributed by atoms with Crippen molar-refractivity contribution in [2.45, 2.75) is 25.4 Å². The summed E-state index contributed by atoms with van der Waals surface area (Å²) in [5.74, 6) is 2.84. The molecule has 2 unspecified atom stereocenters. The average Bonchev–Trinajstić information content (AvgIpc) is 3.25. The zero-order valence-electron chi connectivity index (χ0n) is 19.9. The standard InChI is InChI=1S/C25H24N10O/c1-14-7-15(3-6-22(14)36-18-4-5-21-19(9-18)32-33-34(21)2)30-24-23-20(27-13-28-24)10-26-25(31-23)35-11-16-8-17(12-35)29-16/h3-7,9-10,13,16-17,29H,8,11-12H2,1-2H3,(H,27,28,30). The Morgan fingerprint density at radius 3 is 2.72 bits per heavy atom. The highest BCUT2D eigenvalue weighted by molar-refractivity contribution is 5.87. The molecule has 11 heteroatoms. The zero-order valence-corrected chi connectivity index (χ0v) is 19.9. The number of hydrogen-bond donors (Lipinski definition) is 2. The van der Waals surface area contributed by atoms with Crippen molar-refractivity contribution in [1.82, 2.24) is 40.2 Å². The maximum absolute atomic E-state index is 6.14. The normalized spacial score (nSPS) is 18.9. The molecule has 2 aromatic carbocycles. The van der Waals surface area contributed by atoms with Crippen molar-refractivity contribution < 1.29 is 4.74 Å². The SMILES string of the molecule is Cc1cc(Nc2ncnc3cnc(N4CC5CC(C4)N5)nc23)ccc1Oc1ccc2c(c1)nnn2C. The summed E-state index contributed by atoms with van der Waals surface area (Å²) < 4.78 is 7.87. The van der Waals surface area contributed by atoms with Crippen LogP contribution in [0, 0.1) is 6.92 Å². The first-order valence-corrected chi connectivity index (χ1v) is 11.9. The van der Waals surface area contributed by atoms with Crippen molar-refractivity contribution in [2.75, 3.05) is 23.3 Å². The molecular weight excluding hydrogens is 456 g/mol. The van der Waals surface area contributed by atoms with Gasteiger partial charge in [0.1, 0.15) is 34.4 Å². The lowest BCUT2D eigenvalue weighted by Crippen LogP contribution is -2.67. The molecular formula is C25H24N10O. The molecule has 2 N–H and O–H groups in total. The molecule has 3 aromatic heterocycles. The van der Waals surface area contributed by atoms with Crippen LogP contribution in [0.15, 0.2) is 48.9 Å². The van der Waals surface area contributed by atoms with E-state index in [-0.39, 0.29) is 0 Å². The van der Waals surface area contributed by atoms with Crippen LogP contribution in [0.4, 0.5) is 17.5 Å². The van der Waals surface area contributed by atoms with E-state index in [0.29, 0.717) is 34.7 Å². The molecule has 0 amide bonds. The monoisotopic (exact) mass is 480 g/mol. The third-order valence-electron chi connectivity index (χ3n) is 6.82. The largest absolute Gasteiger partial charge is 0.457 e. The van der Waals surface area contributed by atoms with Gasteiger partial charge in [0.15, 0.2) is 5.82 Å². The van der Waals surface area contributed by atoms with E-state index in [0.717, 1.165) is 47.1 Å². The van der Waals surface area contributed by atoms with Gasteiger partial charge in [0.2, 0.25) is 5.95 Å². The van der Waals surface area contributed by atoms with Crippen molar-refractivity contribution in [3.8, 4) is 11.5 Å². The van der Waals surface area contributed by atoms with Gasteiger partial charge in [0, 0.05) is 44.0 Å². The first-order valence-electron chi connectivity index (χ1n) is 11.9. The second-order valence-corrected chi connectivity index (χ2v) is 9.40. The maximum Gasteiger partial charge on any atom is 0.226 e. The van der Waals surface area contributed by atoms with Crippen LogP contribution in [0.2, 0.25) is 0 Å². The first kappa shape index (κ1) is 20.9. The van der Waals surface area contributed by atoms with Gasteiger partial charge in [-0.1, -0.05) is 5.21 Å². The maximum atomic E-state index is 6.14. The summed E-state index contributed by atoms with van der Waals surface area (Å²) in [6.07, 6.45) is 4.53. The highest BCUT2D eigenvalue weighted by Crippen LogP contribution is 2.31. The van der Waals surface area contributed by atoms with Gasteiger partial charge in [-0.05, 0) is 49.2 Å². The van der Waals surface area contributed by atoms with Crippen LogP contribution in [-0.4, -0.2) is 60.1 Å². The molecule has 8 rings (SSSR count). The smallest absolute Gasteiger partial charge is 0.226 e. The Hall–Kier alpha value is -4.38. The van der Waals surface area contributed by atoms with E-state index in [1.54, 1.807) is 10.9 Å². The number of rotatable bonds is 5. The van der Waals surface area contributed by atoms with Gasteiger partial charge in [-0.2, -0.15) is 0 Å². The van der Waals surface area contributed by atoms with Crippen LogP contribution < -0.4 is 20.3 Å². The molecule has 2 bridgehead atoms. The quantitative estimate of drug-likeness (QED) is 0.388. The second kappa shape index (κ2) is 8.09. The van der Waals surface area contributed by atoms with Crippen molar-refractivity contribution in [3.63, 3.8) is 0 Å². The number of anilines is 3. The molecule has 180 valence electrons. The average molecular weight is 481 g/mol. The number of nitrogens with one attached hydrogen (secondary N) is 2. The van der Waals surface area contributed by atoms with Crippen molar-refractivity contribution in [2.24, 2.45) is 7.05 Å². The minimum absolute atomic E-state index is 0.527. The van der Waals surface area contributed by atoms with Gasteiger partial charge in [0.05, 0.1) is 11.7 Å². The highest BCUT2D eigenvalue weighted by Gasteiger charge is 2.37. The minimum Gasteiger partial charge on any atom is -0.457 e. The summed E-state index contributed by atoms with van der Waals surface area (Å²) in [5, 5.41) is 15.2. The Labute approximate surface area is 206 Å². The van der Waals surface area contributed by atoms with Crippen molar-refractivity contribution in [1.29, 1.82) is 0 Å². The fourth-order valence-corrected chi connectivity index (χ4v) is 4.95. The topological polar surface area (TPSA) is 119 Å². The first-order chi connectivity index (χ1) is 17.6. The number of aromatic nitrogens is 7. The Morgan fingerprint density at radius 2 is 1.89 bits per heavy atom. The molecule has 11 nitrogen and oxygen atoms in total. The van der Waals surface area contributed by atoms with Gasteiger partial charge in [-0.25, -0.2) is 24.6 Å². The molecule has 0 saturated carbocycles. The van der Waals surface area contributed by atoms with E-state index < -0.39 is 0 Å². The molecule has 0 aliphatic carbocycles. The number of ether oxygens (including phenoxy) is 1. The van der Waals surface area contributed by atoms with Crippen LogP contribution in [0.1, 0.15) is 12.0 Å². The third kappa shape index (κ3) is 3.64. The molecule has 0 spiro atoms. The summed E-state index contributed by atoms with van der Waals surface area (Å²) in [7, 11) is 1.87. The molecule has 3 saturated heterocycles.